The molecule has 7 nitrogen and oxygen atoms in total. The monoisotopic (exact) mass is 349 g/mol. The van der Waals surface area contributed by atoms with Gasteiger partial charge in [-0.25, -0.2) is 9.97 Å². The molecule has 0 bridgehead atoms. The van der Waals surface area contributed by atoms with Gasteiger partial charge in [-0.05, 0) is 25.1 Å². The van der Waals surface area contributed by atoms with Gasteiger partial charge in [0, 0.05) is 30.4 Å². The van der Waals surface area contributed by atoms with Gasteiger partial charge in [-0.3, -0.25) is 9.78 Å². The van der Waals surface area contributed by atoms with E-state index in [1.165, 1.54) is 0 Å². The number of pyridine rings is 1. The Morgan fingerprint density at radius 3 is 2.81 bits per heavy atom. The summed E-state index contributed by atoms with van der Waals surface area (Å²) in [6.45, 7) is 4.13. The Labute approximate surface area is 151 Å². The van der Waals surface area contributed by atoms with Crippen LogP contribution in [0.15, 0.2) is 42.6 Å². The minimum atomic E-state index is -0.0992. The van der Waals surface area contributed by atoms with E-state index in [2.05, 4.69) is 20.3 Å². The van der Waals surface area contributed by atoms with Crippen molar-refractivity contribution in [2.75, 3.05) is 31.6 Å². The van der Waals surface area contributed by atoms with Crippen molar-refractivity contribution in [3.8, 4) is 0 Å². The summed E-state index contributed by atoms with van der Waals surface area (Å²) in [6.07, 6.45) is 1.75. The lowest BCUT2D eigenvalue weighted by atomic mass is 10.2. The molecular formula is C19H19N5O2. The zero-order valence-electron chi connectivity index (χ0n) is 14.5. The van der Waals surface area contributed by atoms with Gasteiger partial charge in [0.2, 0.25) is 5.95 Å². The standard InChI is InChI=1S/C19H19N5O2/c1-13-12-16(18(25)24-8-10-26-11-9-24)23-19(21-13)22-15-6-2-4-14-5-3-7-20-17(14)15/h2-7,12H,8-11H2,1H3,(H,21,22,23). The molecule has 26 heavy (non-hydrogen) atoms. The molecular weight excluding hydrogens is 330 g/mol. The van der Waals surface area contributed by atoms with Crippen LogP contribution in [0.4, 0.5) is 11.6 Å². The van der Waals surface area contributed by atoms with Crippen LogP contribution in [-0.4, -0.2) is 52.1 Å². The lowest BCUT2D eigenvalue weighted by Gasteiger charge is -2.26. The number of aromatic nitrogens is 3. The summed E-state index contributed by atoms with van der Waals surface area (Å²) in [5.41, 5.74) is 2.75. The van der Waals surface area contributed by atoms with Gasteiger partial charge < -0.3 is 15.0 Å². The molecule has 0 atom stereocenters. The summed E-state index contributed by atoms with van der Waals surface area (Å²) in [4.78, 5) is 27.7. The van der Waals surface area contributed by atoms with Crippen molar-refractivity contribution in [1.29, 1.82) is 0 Å². The minimum Gasteiger partial charge on any atom is -0.378 e. The number of nitrogens with zero attached hydrogens (tertiary/aromatic N) is 4. The molecule has 1 saturated heterocycles. The summed E-state index contributed by atoms with van der Waals surface area (Å²) < 4.78 is 5.31. The Hall–Kier alpha value is -3.06. The van der Waals surface area contributed by atoms with E-state index >= 15 is 0 Å². The number of para-hydroxylation sites is 1. The molecule has 1 aliphatic rings. The highest BCUT2D eigenvalue weighted by atomic mass is 16.5. The van der Waals surface area contributed by atoms with Crippen LogP contribution in [0.5, 0.6) is 0 Å². The van der Waals surface area contributed by atoms with Crippen LogP contribution in [-0.2, 0) is 4.74 Å². The van der Waals surface area contributed by atoms with Crippen molar-refractivity contribution in [2.24, 2.45) is 0 Å². The van der Waals surface area contributed by atoms with Crippen molar-refractivity contribution in [2.45, 2.75) is 6.92 Å². The number of hydrogen-bond acceptors (Lipinski definition) is 6. The fourth-order valence-corrected chi connectivity index (χ4v) is 2.99. The van der Waals surface area contributed by atoms with Crippen molar-refractivity contribution in [3.63, 3.8) is 0 Å². The number of anilines is 2. The van der Waals surface area contributed by atoms with Crippen LogP contribution in [0.1, 0.15) is 16.2 Å². The third kappa shape index (κ3) is 3.34. The largest absolute Gasteiger partial charge is 0.378 e. The number of aryl methyl sites for hydroxylation is 1. The number of morpholine rings is 1. The fraction of sp³-hybridized carbons (Fsp3) is 0.263. The lowest BCUT2D eigenvalue weighted by molar-refractivity contribution is 0.0299. The smallest absolute Gasteiger partial charge is 0.272 e. The number of amides is 1. The van der Waals surface area contributed by atoms with Gasteiger partial charge in [-0.2, -0.15) is 0 Å². The van der Waals surface area contributed by atoms with E-state index in [9.17, 15) is 4.79 Å². The van der Waals surface area contributed by atoms with Crippen LogP contribution in [0.3, 0.4) is 0 Å². The van der Waals surface area contributed by atoms with Crippen molar-refractivity contribution in [3.05, 3.63) is 54.0 Å². The predicted octanol–water partition coefficient (Wildman–Crippen LogP) is 2.55. The highest BCUT2D eigenvalue weighted by Gasteiger charge is 2.20. The highest BCUT2D eigenvalue weighted by molar-refractivity contribution is 5.94. The van der Waals surface area contributed by atoms with Crippen LogP contribution in [0.25, 0.3) is 10.9 Å². The van der Waals surface area contributed by atoms with E-state index in [0.29, 0.717) is 37.9 Å². The number of carbonyl (C=O) groups excluding carboxylic acids is 1. The third-order valence-corrected chi connectivity index (χ3v) is 4.25. The molecule has 1 N–H and O–H groups in total. The number of carbonyl (C=O) groups is 1. The maximum absolute atomic E-state index is 12.7. The van der Waals surface area contributed by atoms with Gasteiger partial charge in [-0.15, -0.1) is 0 Å². The molecule has 3 heterocycles. The zero-order chi connectivity index (χ0) is 17.9. The molecule has 2 aromatic heterocycles. The van der Waals surface area contributed by atoms with Crippen LogP contribution < -0.4 is 5.32 Å². The van der Waals surface area contributed by atoms with Crippen LogP contribution in [0, 0.1) is 6.92 Å². The van der Waals surface area contributed by atoms with Crippen LogP contribution >= 0.6 is 0 Å². The predicted molar refractivity (Wildman–Crippen MR) is 98.5 cm³/mol. The average Bonchev–Trinajstić information content (AvgIpc) is 2.68. The summed E-state index contributed by atoms with van der Waals surface area (Å²) in [7, 11) is 0. The summed E-state index contributed by atoms with van der Waals surface area (Å²) in [5.74, 6) is 0.289. The van der Waals surface area contributed by atoms with Crippen molar-refractivity contribution in [1.82, 2.24) is 19.9 Å². The van der Waals surface area contributed by atoms with Gasteiger partial charge in [0.25, 0.3) is 5.91 Å². The summed E-state index contributed by atoms with van der Waals surface area (Å²) >= 11 is 0. The summed E-state index contributed by atoms with van der Waals surface area (Å²) in [5, 5.41) is 4.23. The topological polar surface area (TPSA) is 80.2 Å². The first-order valence-electron chi connectivity index (χ1n) is 8.54. The van der Waals surface area contributed by atoms with Gasteiger partial charge in [0.15, 0.2) is 0 Å². The van der Waals surface area contributed by atoms with E-state index < -0.39 is 0 Å². The Bertz CT molecular complexity index is 948. The highest BCUT2D eigenvalue weighted by Crippen LogP contribution is 2.23. The molecule has 0 aliphatic carbocycles. The molecule has 1 aromatic carbocycles. The first kappa shape index (κ1) is 16.4. The molecule has 0 saturated carbocycles. The normalized spacial score (nSPS) is 14.4. The summed E-state index contributed by atoms with van der Waals surface area (Å²) in [6, 6.07) is 11.5. The molecule has 0 unspecified atom stereocenters. The quantitative estimate of drug-likeness (QED) is 0.783. The minimum absolute atomic E-state index is 0.0992. The van der Waals surface area contributed by atoms with E-state index in [-0.39, 0.29) is 5.91 Å². The Morgan fingerprint density at radius 2 is 1.96 bits per heavy atom. The number of nitrogens with one attached hydrogen (secondary N) is 1. The number of hydrogen-bond donors (Lipinski definition) is 1. The molecule has 3 aromatic rings. The molecule has 1 aliphatic heterocycles. The SMILES string of the molecule is Cc1cc(C(=O)N2CCOCC2)nc(Nc2cccc3cccnc23)n1. The molecule has 4 rings (SSSR count). The van der Waals surface area contributed by atoms with Crippen molar-refractivity contribution >= 4 is 28.4 Å². The number of rotatable bonds is 3. The number of ether oxygens (including phenoxy) is 1. The molecule has 0 radical (unpaired) electrons. The molecule has 1 amide bonds. The Kier molecular flexibility index (Phi) is 4.45. The first-order valence-corrected chi connectivity index (χ1v) is 8.54. The molecule has 1 fully saturated rings. The Balaban J connectivity index is 1.64. The van der Waals surface area contributed by atoms with E-state index in [1.54, 1.807) is 17.2 Å². The van der Waals surface area contributed by atoms with Crippen LogP contribution in [0.2, 0.25) is 0 Å². The second kappa shape index (κ2) is 7.05. The zero-order valence-corrected chi connectivity index (χ0v) is 14.5. The molecule has 0 spiro atoms. The number of benzene rings is 1. The average molecular weight is 349 g/mol. The maximum Gasteiger partial charge on any atom is 0.272 e. The van der Waals surface area contributed by atoms with E-state index in [0.717, 1.165) is 22.3 Å². The van der Waals surface area contributed by atoms with Gasteiger partial charge in [0.05, 0.1) is 24.4 Å². The fourth-order valence-electron chi connectivity index (χ4n) is 2.99. The molecule has 132 valence electrons. The Morgan fingerprint density at radius 1 is 1.15 bits per heavy atom. The lowest BCUT2D eigenvalue weighted by Crippen LogP contribution is -2.41. The first-order chi connectivity index (χ1) is 12.7. The second-order valence-electron chi connectivity index (χ2n) is 6.13. The maximum atomic E-state index is 12.7. The van der Waals surface area contributed by atoms with E-state index in [1.807, 2.05) is 37.3 Å². The van der Waals surface area contributed by atoms with Gasteiger partial charge >= 0.3 is 0 Å². The second-order valence-corrected chi connectivity index (χ2v) is 6.13. The van der Waals surface area contributed by atoms with Gasteiger partial charge in [0.1, 0.15) is 5.69 Å². The third-order valence-electron chi connectivity index (χ3n) is 4.25. The number of fused-ring (bicyclic) bond motifs is 1. The van der Waals surface area contributed by atoms with Crippen molar-refractivity contribution < 1.29 is 9.53 Å². The molecule has 7 heteroatoms. The van der Waals surface area contributed by atoms with Gasteiger partial charge in [-0.1, -0.05) is 18.2 Å². The van der Waals surface area contributed by atoms with E-state index in [4.69, 9.17) is 4.74 Å².